The average Bonchev–Trinajstić information content (AvgIpc) is 3.76. The van der Waals surface area contributed by atoms with Gasteiger partial charge < -0.3 is 4.57 Å². The summed E-state index contributed by atoms with van der Waals surface area (Å²) < 4.78 is 5.10. The molecule has 0 saturated carbocycles. The molecule has 0 amide bonds. The maximum absolute atomic E-state index is 2.43. The Labute approximate surface area is 306 Å². The maximum atomic E-state index is 2.43. The van der Waals surface area contributed by atoms with E-state index in [-0.39, 0.29) is 0 Å². The average molecular weight is 680 g/mol. The van der Waals surface area contributed by atoms with Crippen LogP contribution >= 0.6 is 11.3 Å². The summed E-state index contributed by atoms with van der Waals surface area (Å²) in [5.41, 5.74) is 15.5. The summed E-state index contributed by atoms with van der Waals surface area (Å²) in [5.74, 6) is 0.371. The van der Waals surface area contributed by atoms with Crippen LogP contribution < -0.4 is 0 Å². The largest absolute Gasteiger partial charge is 0.309 e. The predicted octanol–water partition coefficient (Wildman–Crippen LogP) is 13.8. The van der Waals surface area contributed by atoms with Crippen molar-refractivity contribution >= 4 is 53.3 Å². The minimum absolute atomic E-state index is 0.371. The molecular formula is C50H33NS. The van der Waals surface area contributed by atoms with E-state index in [1.165, 1.54) is 97.7 Å². The van der Waals surface area contributed by atoms with E-state index in [1.54, 1.807) is 0 Å². The number of aromatic nitrogens is 1. The van der Waals surface area contributed by atoms with Gasteiger partial charge in [-0.2, -0.15) is 0 Å². The highest BCUT2D eigenvalue weighted by molar-refractivity contribution is 7.25. The molecule has 0 fully saturated rings. The third-order valence-electron chi connectivity index (χ3n) is 11.2. The summed E-state index contributed by atoms with van der Waals surface area (Å²) in [6.45, 7) is 0. The summed E-state index contributed by atoms with van der Waals surface area (Å²) >= 11 is 1.87. The zero-order valence-electron chi connectivity index (χ0n) is 28.5. The molecule has 2 heteroatoms. The minimum atomic E-state index is 0.371. The van der Waals surface area contributed by atoms with Gasteiger partial charge in [0.15, 0.2) is 0 Å². The molecule has 0 aliphatic heterocycles. The van der Waals surface area contributed by atoms with Gasteiger partial charge in [-0.25, -0.2) is 0 Å². The second-order valence-electron chi connectivity index (χ2n) is 14.1. The van der Waals surface area contributed by atoms with Gasteiger partial charge >= 0.3 is 0 Å². The Balaban J connectivity index is 1.01. The van der Waals surface area contributed by atoms with Gasteiger partial charge in [0.1, 0.15) is 0 Å². The molecule has 10 aromatic rings. The first-order chi connectivity index (χ1) is 25.8. The number of hydrogen-bond acceptors (Lipinski definition) is 1. The minimum Gasteiger partial charge on any atom is -0.309 e. The van der Waals surface area contributed by atoms with Crippen LogP contribution in [0.5, 0.6) is 0 Å². The Kier molecular flexibility index (Phi) is 6.62. The van der Waals surface area contributed by atoms with E-state index < -0.39 is 0 Å². The molecule has 0 radical (unpaired) electrons. The lowest BCUT2D eigenvalue weighted by Gasteiger charge is -2.29. The number of fused-ring (bicyclic) bond motifs is 9. The van der Waals surface area contributed by atoms with Crippen LogP contribution in [0, 0.1) is 0 Å². The predicted molar refractivity (Wildman–Crippen MR) is 222 cm³/mol. The lowest BCUT2D eigenvalue weighted by atomic mass is 9.75. The smallest absolute Gasteiger partial charge is 0.0541 e. The lowest BCUT2D eigenvalue weighted by Crippen LogP contribution is -2.12. The molecule has 244 valence electrons. The number of hydrogen-bond donors (Lipinski definition) is 0. The van der Waals surface area contributed by atoms with Gasteiger partial charge in [0.25, 0.3) is 0 Å². The maximum Gasteiger partial charge on any atom is 0.0541 e. The van der Waals surface area contributed by atoms with Crippen molar-refractivity contribution in [1.82, 2.24) is 4.57 Å². The van der Waals surface area contributed by atoms with E-state index in [9.17, 15) is 0 Å². The van der Waals surface area contributed by atoms with Gasteiger partial charge in [-0.3, -0.25) is 0 Å². The van der Waals surface area contributed by atoms with Gasteiger partial charge in [-0.05, 0) is 111 Å². The topological polar surface area (TPSA) is 4.93 Å². The van der Waals surface area contributed by atoms with Crippen molar-refractivity contribution in [2.24, 2.45) is 0 Å². The van der Waals surface area contributed by atoms with Gasteiger partial charge in [0.05, 0.1) is 11.0 Å². The Hall–Kier alpha value is -6.22. The molecule has 11 rings (SSSR count). The van der Waals surface area contributed by atoms with Crippen LogP contribution in [0.2, 0.25) is 0 Å². The second-order valence-corrected chi connectivity index (χ2v) is 15.2. The van der Waals surface area contributed by atoms with Crippen molar-refractivity contribution in [3.63, 3.8) is 0 Å². The molecular weight excluding hydrogens is 647 g/mol. The highest BCUT2D eigenvalue weighted by Gasteiger charge is 2.26. The van der Waals surface area contributed by atoms with Crippen molar-refractivity contribution < 1.29 is 0 Å². The molecule has 0 saturated heterocycles. The number of thiophene rings is 1. The molecule has 1 unspecified atom stereocenters. The number of benzene rings is 8. The first-order valence-electron chi connectivity index (χ1n) is 18.1. The summed E-state index contributed by atoms with van der Waals surface area (Å²) in [6, 6.07) is 67.6. The van der Waals surface area contributed by atoms with Crippen molar-refractivity contribution in [1.29, 1.82) is 0 Å². The van der Waals surface area contributed by atoms with Crippen molar-refractivity contribution in [2.75, 3.05) is 0 Å². The van der Waals surface area contributed by atoms with Crippen molar-refractivity contribution in [3.8, 4) is 39.1 Å². The molecule has 0 N–H and O–H groups in total. The highest BCUT2D eigenvalue weighted by Crippen LogP contribution is 2.45. The Bertz CT molecular complexity index is 3000. The van der Waals surface area contributed by atoms with E-state index in [4.69, 9.17) is 0 Å². The van der Waals surface area contributed by atoms with Crippen LogP contribution in [0.3, 0.4) is 0 Å². The first-order valence-corrected chi connectivity index (χ1v) is 18.9. The molecule has 0 spiro atoms. The Morgan fingerprint density at radius 2 is 1.10 bits per heavy atom. The molecule has 1 atom stereocenters. The SMILES string of the molecule is c1ccc(C2Cc3ccc(-c4ccc5c(c4)c4ccccc4n5-c4cccc(-c5ccc6sc7ccccc7c6c5)c4)cc3-c3ccccc32)cc1. The third-order valence-corrected chi connectivity index (χ3v) is 12.3. The molecule has 1 nitrogen and oxygen atoms in total. The molecule has 8 aromatic carbocycles. The quantitative estimate of drug-likeness (QED) is 0.174. The zero-order chi connectivity index (χ0) is 34.2. The number of para-hydroxylation sites is 1. The first kappa shape index (κ1) is 29.5. The van der Waals surface area contributed by atoms with Gasteiger partial charge in [0.2, 0.25) is 0 Å². The number of rotatable bonds is 4. The summed E-state index contributed by atoms with van der Waals surface area (Å²) in [6.07, 6.45) is 1.01. The highest BCUT2D eigenvalue weighted by atomic mass is 32.1. The molecule has 2 heterocycles. The monoisotopic (exact) mass is 679 g/mol. The number of nitrogens with zero attached hydrogens (tertiary/aromatic N) is 1. The van der Waals surface area contributed by atoms with E-state index in [2.05, 4.69) is 187 Å². The van der Waals surface area contributed by atoms with Crippen LogP contribution in [-0.4, -0.2) is 4.57 Å². The van der Waals surface area contributed by atoms with Crippen LogP contribution in [0.25, 0.3) is 81.0 Å². The van der Waals surface area contributed by atoms with E-state index in [0.29, 0.717) is 5.92 Å². The fourth-order valence-electron chi connectivity index (χ4n) is 8.70. The van der Waals surface area contributed by atoms with Crippen LogP contribution in [0.1, 0.15) is 22.6 Å². The Morgan fingerprint density at radius 1 is 0.423 bits per heavy atom. The molecule has 52 heavy (non-hydrogen) atoms. The van der Waals surface area contributed by atoms with E-state index >= 15 is 0 Å². The molecule has 1 aliphatic rings. The summed E-state index contributed by atoms with van der Waals surface area (Å²) in [5, 5.41) is 5.20. The van der Waals surface area contributed by atoms with Gasteiger partial charge in [-0.15, -0.1) is 11.3 Å². The van der Waals surface area contributed by atoms with Crippen molar-refractivity contribution in [3.05, 3.63) is 199 Å². The molecule has 0 bridgehead atoms. The third kappa shape index (κ3) is 4.61. The normalized spacial score (nSPS) is 13.9. The van der Waals surface area contributed by atoms with Crippen LogP contribution in [-0.2, 0) is 6.42 Å². The van der Waals surface area contributed by atoms with E-state index in [0.717, 1.165) is 6.42 Å². The standard InChI is InChI=1S/C50H33NS/c1-2-11-32(12-3-1)43-31-37-22-21-34(28-44(37)40-16-5-4-15-39(40)43)35-23-25-48-45(29-35)41-17-6-8-19-47(41)51(48)38-14-10-13-33(27-38)36-24-26-50-46(30-36)42-18-7-9-20-49(42)52-50/h1-30,43H,31H2. The van der Waals surface area contributed by atoms with Crippen LogP contribution in [0.4, 0.5) is 0 Å². The fraction of sp³-hybridized carbons (Fsp3) is 0.0400. The fourth-order valence-corrected chi connectivity index (χ4v) is 9.79. The van der Waals surface area contributed by atoms with E-state index in [1.807, 2.05) is 11.3 Å². The Morgan fingerprint density at radius 3 is 2.02 bits per heavy atom. The zero-order valence-corrected chi connectivity index (χ0v) is 29.3. The van der Waals surface area contributed by atoms with Crippen LogP contribution in [0.15, 0.2) is 182 Å². The summed E-state index contributed by atoms with van der Waals surface area (Å²) in [7, 11) is 0. The molecule has 1 aliphatic carbocycles. The summed E-state index contributed by atoms with van der Waals surface area (Å²) in [4.78, 5) is 0. The molecule has 2 aromatic heterocycles. The lowest BCUT2D eigenvalue weighted by molar-refractivity contribution is 0.794. The van der Waals surface area contributed by atoms with Crippen molar-refractivity contribution in [2.45, 2.75) is 12.3 Å². The van der Waals surface area contributed by atoms with Gasteiger partial charge in [-0.1, -0.05) is 127 Å². The van der Waals surface area contributed by atoms with Gasteiger partial charge in [0, 0.05) is 42.6 Å². The second kappa shape index (κ2) is 11.7.